The largest absolute Gasteiger partial charge is 0.362 e. The minimum atomic E-state index is 0.604. The van der Waals surface area contributed by atoms with Gasteiger partial charge < -0.3 is 15.5 Å². The Kier molecular flexibility index (Phi) is 8.18. The normalized spacial score (nSPS) is 10.9. The van der Waals surface area contributed by atoms with Crippen molar-refractivity contribution < 1.29 is 0 Å². The van der Waals surface area contributed by atoms with Crippen molar-refractivity contribution in [1.29, 1.82) is 0 Å². The second kappa shape index (κ2) is 10.4. The van der Waals surface area contributed by atoms with Crippen molar-refractivity contribution >= 4 is 34.7 Å². The van der Waals surface area contributed by atoms with Gasteiger partial charge in [0.2, 0.25) is 0 Å². The predicted molar refractivity (Wildman–Crippen MR) is 109 cm³/mol. The van der Waals surface area contributed by atoms with E-state index in [9.17, 15) is 0 Å². The van der Waals surface area contributed by atoms with Crippen molar-refractivity contribution in [3.8, 4) is 0 Å². The van der Waals surface area contributed by atoms with Gasteiger partial charge in [-0.1, -0.05) is 37.6 Å². The van der Waals surface area contributed by atoms with E-state index in [-0.39, 0.29) is 0 Å². The van der Waals surface area contributed by atoms with E-state index >= 15 is 0 Å². The molecule has 0 aliphatic heterocycles. The van der Waals surface area contributed by atoms with Gasteiger partial charge in [-0.05, 0) is 56.0 Å². The van der Waals surface area contributed by atoms with Crippen molar-refractivity contribution in [1.82, 2.24) is 20.0 Å². The maximum atomic E-state index is 6.01. The smallest absolute Gasteiger partial charge is 0.171 e. The molecule has 25 heavy (non-hydrogen) atoms. The molecule has 136 valence electrons. The van der Waals surface area contributed by atoms with Gasteiger partial charge in [0.05, 0.1) is 6.54 Å². The minimum absolute atomic E-state index is 0.604. The van der Waals surface area contributed by atoms with Crippen LogP contribution in [0, 0.1) is 0 Å². The molecule has 0 radical (unpaired) electrons. The highest BCUT2D eigenvalue weighted by Crippen LogP contribution is 2.12. The number of hydrogen-bond acceptors (Lipinski definition) is 3. The number of benzene rings is 1. The first-order chi connectivity index (χ1) is 12.1. The van der Waals surface area contributed by atoms with Crippen LogP contribution in [-0.4, -0.2) is 46.0 Å². The van der Waals surface area contributed by atoms with Crippen LogP contribution in [-0.2, 0) is 6.54 Å². The van der Waals surface area contributed by atoms with Crippen LogP contribution in [0.2, 0.25) is 5.02 Å². The zero-order valence-corrected chi connectivity index (χ0v) is 16.4. The summed E-state index contributed by atoms with van der Waals surface area (Å²) in [5.41, 5.74) is 1.11. The van der Waals surface area contributed by atoms with Gasteiger partial charge in [-0.2, -0.15) is 5.10 Å². The van der Waals surface area contributed by atoms with Gasteiger partial charge >= 0.3 is 0 Å². The van der Waals surface area contributed by atoms with E-state index in [1.54, 1.807) is 0 Å². The Labute approximate surface area is 160 Å². The van der Waals surface area contributed by atoms with Crippen LogP contribution >= 0.6 is 23.8 Å². The molecule has 7 heteroatoms. The minimum Gasteiger partial charge on any atom is -0.362 e. The third-order valence-electron chi connectivity index (χ3n) is 3.95. The molecule has 1 aromatic heterocycles. The summed E-state index contributed by atoms with van der Waals surface area (Å²) in [5.74, 6) is 0.739. The lowest BCUT2D eigenvalue weighted by Crippen LogP contribution is -2.32. The summed E-state index contributed by atoms with van der Waals surface area (Å²) in [7, 11) is 0. The lowest BCUT2D eigenvalue weighted by atomic mass is 10.2. The lowest BCUT2D eigenvalue weighted by Gasteiger charge is -2.18. The van der Waals surface area contributed by atoms with Gasteiger partial charge in [-0.3, -0.25) is 4.68 Å². The van der Waals surface area contributed by atoms with Gasteiger partial charge in [0.1, 0.15) is 0 Å². The fourth-order valence-electron chi connectivity index (χ4n) is 2.54. The average Bonchev–Trinajstić information content (AvgIpc) is 3.02. The fraction of sp³-hybridized carbons (Fsp3) is 0.444. The average molecular weight is 380 g/mol. The van der Waals surface area contributed by atoms with Gasteiger partial charge in [0, 0.05) is 23.8 Å². The number of nitrogens with zero attached hydrogens (tertiary/aromatic N) is 3. The highest BCUT2D eigenvalue weighted by Gasteiger charge is 2.03. The second-order valence-corrected chi connectivity index (χ2v) is 6.63. The second-order valence-electron chi connectivity index (χ2n) is 5.79. The van der Waals surface area contributed by atoms with Crippen LogP contribution in [0.3, 0.4) is 0 Å². The molecule has 0 atom stereocenters. The molecular weight excluding hydrogens is 354 g/mol. The molecule has 1 aromatic carbocycles. The number of thiocarbonyl (C=S) groups is 1. The van der Waals surface area contributed by atoms with E-state index < -0.39 is 0 Å². The fourth-order valence-corrected chi connectivity index (χ4v) is 2.96. The quantitative estimate of drug-likeness (QED) is 0.514. The zero-order valence-electron chi connectivity index (χ0n) is 14.8. The number of aromatic nitrogens is 2. The maximum absolute atomic E-state index is 6.01. The van der Waals surface area contributed by atoms with Crippen molar-refractivity contribution in [2.24, 2.45) is 0 Å². The summed E-state index contributed by atoms with van der Waals surface area (Å²) >= 11 is 11.3. The highest BCUT2D eigenvalue weighted by molar-refractivity contribution is 7.80. The van der Waals surface area contributed by atoms with Crippen molar-refractivity contribution in [3.05, 3.63) is 47.1 Å². The van der Waals surface area contributed by atoms with E-state index in [0.29, 0.717) is 11.7 Å². The molecule has 0 saturated heterocycles. The Hall–Kier alpha value is -1.63. The summed E-state index contributed by atoms with van der Waals surface area (Å²) in [5, 5.41) is 12.2. The number of hydrogen-bond donors (Lipinski definition) is 2. The molecule has 0 aliphatic carbocycles. The van der Waals surface area contributed by atoms with Gasteiger partial charge in [-0.25, -0.2) is 0 Å². The zero-order chi connectivity index (χ0) is 18.1. The number of anilines is 1. The SMILES string of the molecule is CCN(CC)CCCNC(=S)Nc1ccn(Cc2cccc(Cl)c2)n1. The predicted octanol–water partition coefficient (Wildman–Crippen LogP) is 3.60. The molecule has 2 N–H and O–H groups in total. The first-order valence-corrected chi connectivity index (χ1v) is 9.44. The molecule has 0 amide bonds. The number of rotatable bonds is 9. The van der Waals surface area contributed by atoms with Crippen molar-refractivity contribution in [2.45, 2.75) is 26.8 Å². The molecule has 0 fully saturated rings. The third kappa shape index (κ3) is 7.02. The molecule has 0 aliphatic rings. The van der Waals surface area contributed by atoms with Gasteiger partial charge in [0.25, 0.3) is 0 Å². The molecule has 0 bridgehead atoms. The van der Waals surface area contributed by atoms with Crippen molar-refractivity contribution in [2.75, 3.05) is 31.5 Å². The topological polar surface area (TPSA) is 45.1 Å². The Morgan fingerprint density at radius 2 is 2.08 bits per heavy atom. The summed E-state index contributed by atoms with van der Waals surface area (Å²) in [6.07, 6.45) is 2.99. The summed E-state index contributed by atoms with van der Waals surface area (Å²) in [6, 6.07) is 9.69. The molecule has 0 unspecified atom stereocenters. The first kappa shape index (κ1) is 19.7. The molecular formula is C18H26ClN5S. The van der Waals surface area contributed by atoms with Crippen LogP contribution < -0.4 is 10.6 Å². The Morgan fingerprint density at radius 1 is 1.28 bits per heavy atom. The van der Waals surface area contributed by atoms with Crippen LogP contribution in [0.25, 0.3) is 0 Å². The van der Waals surface area contributed by atoms with Crippen LogP contribution in [0.15, 0.2) is 36.5 Å². The van der Waals surface area contributed by atoms with Crippen LogP contribution in [0.1, 0.15) is 25.8 Å². The maximum Gasteiger partial charge on any atom is 0.171 e. The van der Waals surface area contributed by atoms with Crippen molar-refractivity contribution in [3.63, 3.8) is 0 Å². The van der Waals surface area contributed by atoms with E-state index in [4.69, 9.17) is 23.8 Å². The van der Waals surface area contributed by atoms with Gasteiger partial charge in [0.15, 0.2) is 10.9 Å². The molecule has 0 saturated carbocycles. The van der Waals surface area contributed by atoms with E-state index in [1.807, 2.05) is 41.2 Å². The standard InChI is InChI=1S/C18H26ClN5S/c1-3-23(4-2)11-6-10-20-18(25)21-17-9-12-24(22-17)14-15-7-5-8-16(19)13-15/h5,7-9,12-13H,3-4,6,10-11,14H2,1-2H3,(H2,20,21,22,25). The molecule has 2 rings (SSSR count). The van der Waals surface area contributed by atoms with Crippen LogP contribution in [0.4, 0.5) is 5.82 Å². The third-order valence-corrected chi connectivity index (χ3v) is 4.43. The summed E-state index contributed by atoms with van der Waals surface area (Å²) in [6.45, 7) is 9.15. The van der Waals surface area contributed by atoms with E-state index in [1.165, 1.54) is 0 Å². The molecule has 0 spiro atoms. The number of nitrogens with one attached hydrogen (secondary N) is 2. The summed E-state index contributed by atoms with van der Waals surface area (Å²) in [4.78, 5) is 2.40. The van der Waals surface area contributed by atoms with Crippen LogP contribution in [0.5, 0.6) is 0 Å². The number of halogens is 1. The Bertz CT molecular complexity index is 669. The lowest BCUT2D eigenvalue weighted by molar-refractivity contribution is 0.300. The Morgan fingerprint density at radius 3 is 2.80 bits per heavy atom. The summed E-state index contributed by atoms with van der Waals surface area (Å²) < 4.78 is 1.86. The van der Waals surface area contributed by atoms with E-state index in [2.05, 4.69) is 34.5 Å². The monoisotopic (exact) mass is 379 g/mol. The van der Waals surface area contributed by atoms with Gasteiger partial charge in [-0.15, -0.1) is 0 Å². The molecule has 5 nitrogen and oxygen atoms in total. The highest BCUT2D eigenvalue weighted by atomic mass is 35.5. The Balaban J connectivity index is 1.74. The molecule has 2 aromatic rings. The molecule has 1 heterocycles. The first-order valence-electron chi connectivity index (χ1n) is 8.65. The van der Waals surface area contributed by atoms with E-state index in [0.717, 1.165) is 49.0 Å².